The first kappa shape index (κ1) is 20.9. The zero-order valence-electron chi connectivity index (χ0n) is 15.2. The van der Waals surface area contributed by atoms with Gasteiger partial charge >= 0.3 is 0 Å². The molecule has 0 aromatic heterocycles. The monoisotopic (exact) mass is 394 g/mol. The van der Waals surface area contributed by atoms with Gasteiger partial charge in [0.15, 0.2) is 0 Å². The number of ether oxygens (including phenoxy) is 1. The van der Waals surface area contributed by atoms with E-state index >= 15 is 0 Å². The van der Waals surface area contributed by atoms with Crippen molar-refractivity contribution in [2.75, 3.05) is 12.4 Å². The Balaban J connectivity index is 2.03. The van der Waals surface area contributed by atoms with Crippen LogP contribution < -0.4 is 14.8 Å². The summed E-state index contributed by atoms with van der Waals surface area (Å²) in [5, 5.41) is 2.72. The number of rotatable bonds is 9. The van der Waals surface area contributed by atoms with Crippen molar-refractivity contribution in [2.24, 2.45) is 0 Å². The molecule has 0 radical (unpaired) electrons. The summed E-state index contributed by atoms with van der Waals surface area (Å²) in [4.78, 5) is 12.5. The molecule has 0 saturated heterocycles. The predicted molar refractivity (Wildman–Crippen MR) is 101 cm³/mol. The standard InChI is InChI=1S/C19H23FN2O4S/c1-14(2)21-19(23)18(15-6-4-3-5-7-15)22-27(24,25)13-12-26-17-10-8-16(20)9-11-17/h3-11,14,18,22H,12-13H2,1-2H3,(H,21,23)/t18-/m0/s1. The Labute approximate surface area is 158 Å². The lowest BCUT2D eigenvalue weighted by molar-refractivity contribution is -0.123. The second kappa shape index (κ2) is 9.48. The highest BCUT2D eigenvalue weighted by atomic mass is 32.2. The third kappa shape index (κ3) is 6.99. The number of carbonyl (C=O) groups is 1. The third-order valence-electron chi connectivity index (χ3n) is 3.56. The minimum atomic E-state index is -3.80. The molecule has 0 aliphatic rings. The first-order valence-electron chi connectivity index (χ1n) is 8.50. The van der Waals surface area contributed by atoms with Crippen LogP contribution in [0, 0.1) is 5.82 Å². The second-order valence-corrected chi connectivity index (χ2v) is 8.12. The van der Waals surface area contributed by atoms with Gasteiger partial charge in [0.05, 0.1) is 5.75 Å². The van der Waals surface area contributed by atoms with Crippen molar-refractivity contribution in [3.63, 3.8) is 0 Å². The molecule has 1 atom stereocenters. The summed E-state index contributed by atoms with van der Waals surface area (Å²) in [6.07, 6.45) is 0. The van der Waals surface area contributed by atoms with Gasteiger partial charge in [0.25, 0.3) is 0 Å². The fourth-order valence-electron chi connectivity index (χ4n) is 2.32. The van der Waals surface area contributed by atoms with Gasteiger partial charge in [-0.15, -0.1) is 0 Å². The van der Waals surface area contributed by atoms with Crippen LogP contribution in [-0.4, -0.2) is 32.7 Å². The molecule has 146 valence electrons. The molecule has 0 heterocycles. The minimum absolute atomic E-state index is 0.130. The van der Waals surface area contributed by atoms with Crippen molar-refractivity contribution < 1.29 is 22.3 Å². The van der Waals surface area contributed by atoms with Gasteiger partial charge in [-0.2, -0.15) is 4.72 Å². The number of sulfonamides is 1. The van der Waals surface area contributed by atoms with Gasteiger partial charge in [0.1, 0.15) is 24.2 Å². The van der Waals surface area contributed by atoms with Crippen LogP contribution in [0.1, 0.15) is 25.5 Å². The van der Waals surface area contributed by atoms with Crippen LogP contribution in [-0.2, 0) is 14.8 Å². The average molecular weight is 394 g/mol. The lowest BCUT2D eigenvalue weighted by Gasteiger charge is -2.20. The van der Waals surface area contributed by atoms with Crippen LogP contribution in [0.3, 0.4) is 0 Å². The van der Waals surface area contributed by atoms with Gasteiger partial charge in [-0.05, 0) is 43.7 Å². The molecular weight excluding hydrogens is 371 g/mol. The summed E-state index contributed by atoms with van der Waals surface area (Å²) >= 11 is 0. The van der Waals surface area contributed by atoms with Crippen LogP contribution >= 0.6 is 0 Å². The van der Waals surface area contributed by atoms with Crippen LogP contribution in [0.2, 0.25) is 0 Å². The second-order valence-electron chi connectivity index (χ2n) is 6.25. The van der Waals surface area contributed by atoms with Crippen LogP contribution in [0.4, 0.5) is 4.39 Å². The Morgan fingerprint density at radius 2 is 1.70 bits per heavy atom. The van der Waals surface area contributed by atoms with Crippen LogP contribution in [0.5, 0.6) is 5.75 Å². The van der Waals surface area contributed by atoms with Gasteiger partial charge in [-0.3, -0.25) is 4.79 Å². The Morgan fingerprint density at radius 3 is 2.30 bits per heavy atom. The molecule has 0 unspecified atom stereocenters. The van der Waals surface area contributed by atoms with Gasteiger partial charge in [0.2, 0.25) is 15.9 Å². The number of halogens is 1. The van der Waals surface area contributed by atoms with E-state index in [-0.39, 0.29) is 18.4 Å². The van der Waals surface area contributed by atoms with Crippen molar-refractivity contribution in [1.82, 2.24) is 10.0 Å². The molecular formula is C19H23FN2O4S. The maximum Gasteiger partial charge on any atom is 0.242 e. The van der Waals surface area contributed by atoms with Gasteiger partial charge < -0.3 is 10.1 Å². The lowest BCUT2D eigenvalue weighted by atomic mass is 10.1. The highest BCUT2D eigenvalue weighted by molar-refractivity contribution is 7.89. The Morgan fingerprint density at radius 1 is 1.07 bits per heavy atom. The van der Waals surface area contributed by atoms with Gasteiger partial charge in [-0.1, -0.05) is 30.3 Å². The molecule has 8 heteroatoms. The van der Waals surface area contributed by atoms with Crippen molar-refractivity contribution in [2.45, 2.75) is 25.9 Å². The fourth-order valence-corrected chi connectivity index (χ4v) is 3.35. The zero-order chi connectivity index (χ0) is 19.9. The molecule has 0 bridgehead atoms. The molecule has 0 saturated carbocycles. The fraction of sp³-hybridized carbons (Fsp3) is 0.316. The highest BCUT2D eigenvalue weighted by Crippen LogP contribution is 2.15. The number of carbonyl (C=O) groups excluding carboxylic acids is 1. The Kier molecular flexibility index (Phi) is 7.32. The first-order valence-corrected chi connectivity index (χ1v) is 10.2. The summed E-state index contributed by atoms with van der Waals surface area (Å²) in [6.45, 7) is 3.46. The summed E-state index contributed by atoms with van der Waals surface area (Å²) in [6, 6.07) is 12.7. The third-order valence-corrected chi connectivity index (χ3v) is 4.86. The number of amides is 1. The van der Waals surface area contributed by atoms with E-state index in [1.54, 1.807) is 44.2 Å². The topological polar surface area (TPSA) is 84.5 Å². The lowest BCUT2D eigenvalue weighted by Crippen LogP contribution is -2.43. The predicted octanol–water partition coefficient (Wildman–Crippen LogP) is 2.39. The van der Waals surface area contributed by atoms with E-state index in [9.17, 15) is 17.6 Å². The largest absolute Gasteiger partial charge is 0.492 e. The summed E-state index contributed by atoms with van der Waals surface area (Å²) in [7, 11) is -3.80. The van der Waals surface area contributed by atoms with Crippen molar-refractivity contribution >= 4 is 15.9 Å². The number of nitrogens with one attached hydrogen (secondary N) is 2. The maximum atomic E-state index is 12.9. The molecule has 0 aliphatic heterocycles. The normalized spacial score (nSPS) is 12.6. The summed E-state index contributed by atoms with van der Waals surface area (Å²) < 4.78 is 45.5. The van der Waals surface area contributed by atoms with E-state index in [0.717, 1.165) is 0 Å². The number of hydrogen-bond acceptors (Lipinski definition) is 4. The van der Waals surface area contributed by atoms with E-state index in [2.05, 4.69) is 10.0 Å². The quantitative estimate of drug-likeness (QED) is 0.684. The molecule has 27 heavy (non-hydrogen) atoms. The smallest absolute Gasteiger partial charge is 0.242 e. The Hall–Kier alpha value is -2.45. The van der Waals surface area contributed by atoms with Gasteiger partial charge in [0, 0.05) is 6.04 Å². The first-order chi connectivity index (χ1) is 12.8. The minimum Gasteiger partial charge on any atom is -0.492 e. The maximum absolute atomic E-state index is 12.9. The van der Waals surface area contributed by atoms with E-state index < -0.39 is 27.8 Å². The zero-order valence-corrected chi connectivity index (χ0v) is 16.0. The summed E-state index contributed by atoms with van der Waals surface area (Å²) in [5.74, 6) is -0.815. The van der Waals surface area contributed by atoms with Crippen molar-refractivity contribution in [1.29, 1.82) is 0 Å². The van der Waals surface area contributed by atoms with Crippen LogP contribution in [0.15, 0.2) is 54.6 Å². The number of benzene rings is 2. The molecule has 2 aromatic rings. The van der Waals surface area contributed by atoms with Crippen molar-refractivity contribution in [3.8, 4) is 5.75 Å². The van der Waals surface area contributed by atoms with Crippen LogP contribution in [0.25, 0.3) is 0 Å². The van der Waals surface area contributed by atoms with E-state index in [4.69, 9.17) is 4.74 Å². The molecule has 0 spiro atoms. The molecule has 2 rings (SSSR count). The molecule has 6 nitrogen and oxygen atoms in total. The highest BCUT2D eigenvalue weighted by Gasteiger charge is 2.26. The molecule has 0 fully saturated rings. The molecule has 1 amide bonds. The SMILES string of the molecule is CC(C)NC(=O)[C@@H](NS(=O)(=O)CCOc1ccc(F)cc1)c1ccccc1. The van der Waals surface area contributed by atoms with Gasteiger partial charge in [-0.25, -0.2) is 12.8 Å². The Bertz CT molecular complexity index is 840. The number of hydrogen-bond donors (Lipinski definition) is 2. The molecule has 2 N–H and O–H groups in total. The summed E-state index contributed by atoms with van der Waals surface area (Å²) in [5.41, 5.74) is 0.540. The van der Waals surface area contributed by atoms with Crippen molar-refractivity contribution in [3.05, 3.63) is 66.0 Å². The molecule has 0 aliphatic carbocycles. The van der Waals surface area contributed by atoms with E-state index in [1.807, 2.05) is 0 Å². The molecule has 2 aromatic carbocycles. The average Bonchev–Trinajstić information content (AvgIpc) is 2.61. The van der Waals surface area contributed by atoms with E-state index in [0.29, 0.717) is 11.3 Å². The van der Waals surface area contributed by atoms with E-state index in [1.165, 1.54) is 24.3 Å².